The Morgan fingerprint density at radius 1 is 1.19 bits per heavy atom. The Bertz CT molecular complexity index is 776. The van der Waals surface area contributed by atoms with E-state index >= 15 is 0 Å². The Balaban J connectivity index is 1.78. The summed E-state index contributed by atoms with van der Waals surface area (Å²) in [4.78, 5) is 13.2. The summed E-state index contributed by atoms with van der Waals surface area (Å²) in [5.41, 5.74) is 0.707. The van der Waals surface area contributed by atoms with Crippen LogP contribution in [0.2, 0.25) is 0 Å². The topological polar surface area (TPSA) is 77.6 Å². The number of anilines is 1. The van der Waals surface area contributed by atoms with Crippen LogP contribution in [0, 0.1) is 5.82 Å². The van der Waals surface area contributed by atoms with Gasteiger partial charge in [0.05, 0.1) is 11.9 Å². The maximum Gasteiger partial charge on any atom is 0.279 e. The number of carbonyl (C=O) groups is 1. The van der Waals surface area contributed by atoms with Crippen molar-refractivity contribution in [2.24, 2.45) is 7.05 Å². The van der Waals surface area contributed by atoms with Crippen LogP contribution in [-0.2, 0) is 7.05 Å². The van der Waals surface area contributed by atoms with Crippen molar-refractivity contribution in [2.75, 3.05) is 5.32 Å². The van der Waals surface area contributed by atoms with E-state index in [0.717, 1.165) is 0 Å². The van der Waals surface area contributed by atoms with Crippen molar-refractivity contribution >= 4 is 11.7 Å². The molecule has 0 saturated heterocycles. The van der Waals surface area contributed by atoms with E-state index in [1.807, 2.05) is 0 Å². The summed E-state index contributed by atoms with van der Waals surface area (Å²) in [7, 11) is 1.75. The highest BCUT2D eigenvalue weighted by atomic mass is 19.1. The number of hydrogen-bond donors (Lipinski definition) is 1. The Labute approximate surface area is 119 Å². The minimum Gasteiger partial charge on any atom is -0.304 e. The minimum atomic E-state index is -0.415. The molecule has 0 bridgehead atoms. The third-order valence-electron chi connectivity index (χ3n) is 2.74. The SMILES string of the molecule is Cn1ccc(NC(=O)c2cnn(-c3ccc(F)cc3)n2)n1. The number of nitrogens with zero attached hydrogens (tertiary/aromatic N) is 5. The molecule has 1 N–H and O–H groups in total. The summed E-state index contributed by atoms with van der Waals surface area (Å²) in [5.74, 6) is -0.333. The van der Waals surface area contributed by atoms with Gasteiger partial charge in [0.1, 0.15) is 5.82 Å². The number of aryl methyl sites for hydroxylation is 1. The zero-order valence-corrected chi connectivity index (χ0v) is 11.1. The van der Waals surface area contributed by atoms with Crippen LogP contribution in [0.5, 0.6) is 0 Å². The molecule has 0 aliphatic carbocycles. The maximum atomic E-state index is 12.9. The largest absolute Gasteiger partial charge is 0.304 e. The lowest BCUT2D eigenvalue weighted by atomic mass is 10.3. The molecular formula is C13H11FN6O. The Hall–Kier alpha value is -3.03. The maximum absolute atomic E-state index is 12.9. The van der Waals surface area contributed by atoms with Crippen molar-refractivity contribution in [3.63, 3.8) is 0 Å². The van der Waals surface area contributed by atoms with Crippen molar-refractivity contribution in [1.29, 1.82) is 0 Å². The summed E-state index contributed by atoms with van der Waals surface area (Å²) in [6.45, 7) is 0. The zero-order chi connectivity index (χ0) is 14.8. The summed E-state index contributed by atoms with van der Waals surface area (Å²) < 4.78 is 14.4. The molecule has 1 aromatic carbocycles. The third-order valence-corrected chi connectivity index (χ3v) is 2.74. The number of rotatable bonds is 3. The molecule has 0 radical (unpaired) electrons. The fraction of sp³-hybridized carbons (Fsp3) is 0.0769. The molecule has 7 nitrogen and oxygen atoms in total. The molecule has 0 fully saturated rings. The van der Waals surface area contributed by atoms with Gasteiger partial charge in [-0.1, -0.05) is 0 Å². The molecule has 0 saturated carbocycles. The Kier molecular flexibility index (Phi) is 3.19. The van der Waals surface area contributed by atoms with Crippen molar-refractivity contribution in [3.8, 4) is 5.69 Å². The van der Waals surface area contributed by atoms with Crippen molar-refractivity contribution in [1.82, 2.24) is 24.8 Å². The summed E-state index contributed by atoms with van der Waals surface area (Å²) in [5, 5.41) is 14.7. The first kappa shape index (κ1) is 13.0. The molecule has 0 aliphatic rings. The van der Waals surface area contributed by atoms with Gasteiger partial charge in [0.25, 0.3) is 5.91 Å². The van der Waals surface area contributed by atoms with Crippen molar-refractivity contribution in [2.45, 2.75) is 0 Å². The summed E-state index contributed by atoms with van der Waals surface area (Å²) in [6.07, 6.45) is 3.05. The standard InChI is InChI=1S/C13H11FN6O/c1-19-7-6-12(18-19)16-13(21)11-8-15-20(17-11)10-4-2-9(14)3-5-10/h2-8H,1H3,(H,16,18,21). The van der Waals surface area contributed by atoms with Gasteiger partial charge < -0.3 is 5.32 Å². The van der Waals surface area contributed by atoms with Gasteiger partial charge in [-0.25, -0.2) is 4.39 Å². The van der Waals surface area contributed by atoms with Crippen LogP contribution < -0.4 is 5.32 Å². The Morgan fingerprint density at radius 2 is 1.95 bits per heavy atom. The second-order valence-electron chi connectivity index (χ2n) is 4.32. The quantitative estimate of drug-likeness (QED) is 0.789. The third kappa shape index (κ3) is 2.78. The molecule has 2 heterocycles. The predicted molar refractivity (Wildman–Crippen MR) is 72.5 cm³/mol. The van der Waals surface area contributed by atoms with Gasteiger partial charge in [0.15, 0.2) is 11.5 Å². The molecule has 3 rings (SSSR count). The van der Waals surface area contributed by atoms with Crippen LogP contribution in [0.1, 0.15) is 10.5 Å². The number of amides is 1. The van der Waals surface area contributed by atoms with Gasteiger partial charge in [-0.05, 0) is 24.3 Å². The van der Waals surface area contributed by atoms with Crippen LogP contribution in [0.4, 0.5) is 10.2 Å². The van der Waals surface area contributed by atoms with Gasteiger partial charge in [-0.2, -0.15) is 15.0 Å². The molecule has 8 heteroatoms. The second kappa shape index (κ2) is 5.16. The van der Waals surface area contributed by atoms with E-state index < -0.39 is 5.91 Å². The molecule has 1 amide bonds. The van der Waals surface area contributed by atoms with Crippen LogP contribution >= 0.6 is 0 Å². The minimum absolute atomic E-state index is 0.143. The number of benzene rings is 1. The second-order valence-corrected chi connectivity index (χ2v) is 4.32. The first-order chi connectivity index (χ1) is 10.1. The molecule has 0 unspecified atom stereocenters. The van der Waals surface area contributed by atoms with Crippen LogP contribution in [0.15, 0.2) is 42.7 Å². The van der Waals surface area contributed by atoms with E-state index in [1.165, 1.54) is 35.3 Å². The number of aromatic nitrogens is 5. The number of hydrogen-bond acceptors (Lipinski definition) is 4. The lowest BCUT2D eigenvalue weighted by Crippen LogP contribution is -2.13. The first-order valence-electron chi connectivity index (χ1n) is 6.11. The average Bonchev–Trinajstić information content (AvgIpc) is 3.09. The van der Waals surface area contributed by atoms with Gasteiger partial charge in [0.2, 0.25) is 0 Å². The molecule has 0 spiro atoms. The highest BCUT2D eigenvalue weighted by Crippen LogP contribution is 2.08. The molecule has 0 aliphatic heterocycles. The lowest BCUT2D eigenvalue weighted by molar-refractivity contribution is 0.102. The van der Waals surface area contributed by atoms with E-state index in [0.29, 0.717) is 11.5 Å². The van der Waals surface area contributed by atoms with Gasteiger partial charge in [0, 0.05) is 19.3 Å². The van der Waals surface area contributed by atoms with E-state index in [2.05, 4.69) is 20.6 Å². The van der Waals surface area contributed by atoms with Gasteiger partial charge >= 0.3 is 0 Å². The number of halogens is 1. The average molecular weight is 286 g/mol. The molecule has 106 valence electrons. The summed E-state index contributed by atoms with van der Waals surface area (Å²) in [6, 6.07) is 7.31. The van der Waals surface area contributed by atoms with Crippen molar-refractivity contribution < 1.29 is 9.18 Å². The van der Waals surface area contributed by atoms with Crippen LogP contribution in [0.3, 0.4) is 0 Å². The molecule has 0 atom stereocenters. The molecular weight excluding hydrogens is 275 g/mol. The number of nitrogens with one attached hydrogen (secondary N) is 1. The van der Waals surface area contributed by atoms with Gasteiger partial charge in [-0.3, -0.25) is 9.48 Å². The highest BCUT2D eigenvalue weighted by molar-refractivity contribution is 6.02. The van der Waals surface area contributed by atoms with Crippen LogP contribution in [0.25, 0.3) is 5.69 Å². The van der Waals surface area contributed by atoms with E-state index in [-0.39, 0.29) is 11.5 Å². The van der Waals surface area contributed by atoms with E-state index in [4.69, 9.17) is 0 Å². The molecule has 3 aromatic rings. The zero-order valence-electron chi connectivity index (χ0n) is 11.1. The normalized spacial score (nSPS) is 10.6. The molecule has 2 aromatic heterocycles. The monoisotopic (exact) mass is 286 g/mol. The predicted octanol–water partition coefficient (Wildman–Crippen LogP) is 1.39. The smallest absolute Gasteiger partial charge is 0.279 e. The molecule has 21 heavy (non-hydrogen) atoms. The van der Waals surface area contributed by atoms with E-state index in [1.54, 1.807) is 24.0 Å². The van der Waals surface area contributed by atoms with Gasteiger partial charge in [-0.15, -0.1) is 5.10 Å². The lowest BCUT2D eigenvalue weighted by Gasteiger charge is -1.99. The fourth-order valence-corrected chi connectivity index (χ4v) is 1.73. The number of carbonyl (C=O) groups excluding carboxylic acids is 1. The summed E-state index contributed by atoms with van der Waals surface area (Å²) >= 11 is 0. The van der Waals surface area contributed by atoms with Crippen molar-refractivity contribution in [3.05, 3.63) is 54.2 Å². The first-order valence-corrected chi connectivity index (χ1v) is 6.11. The fourth-order valence-electron chi connectivity index (χ4n) is 1.73. The van der Waals surface area contributed by atoms with E-state index in [9.17, 15) is 9.18 Å². The highest BCUT2D eigenvalue weighted by Gasteiger charge is 2.12. The Morgan fingerprint density at radius 3 is 2.62 bits per heavy atom. The van der Waals surface area contributed by atoms with Crippen LogP contribution in [-0.4, -0.2) is 30.7 Å².